The number of nitrogens with one attached hydrogen (secondary N) is 1. The van der Waals surface area contributed by atoms with Crippen LogP contribution in [0.25, 0.3) is 0 Å². The number of carbonyl (C=O) groups is 2. The van der Waals surface area contributed by atoms with E-state index in [0.29, 0.717) is 10.8 Å². The summed E-state index contributed by atoms with van der Waals surface area (Å²) in [6, 6.07) is 0. The lowest BCUT2D eigenvalue weighted by atomic mass is 9.47. The molecule has 2 N–H and O–H groups in total. The molecule has 6 nitrogen and oxygen atoms in total. The van der Waals surface area contributed by atoms with Crippen molar-refractivity contribution in [2.45, 2.75) is 124 Å². The fraction of sp³-hybridized carbons (Fsp3) is 0.861. The lowest BCUT2D eigenvalue weighted by Gasteiger charge is -2.58. The smallest absolute Gasteiger partial charge is 0.314 e. The molecule has 8 heteroatoms. The van der Waals surface area contributed by atoms with E-state index in [2.05, 4.69) is 51.2 Å². The van der Waals surface area contributed by atoms with E-state index in [9.17, 15) is 4.79 Å². The van der Waals surface area contributed by atoms with Crippen LogP contribution in [0.1, 0.15) is 118 Å². The highest BCUT2D eigenvalue weighted by Gasteiger charge is 2.59. The number of carboxylic acids is 1. The number of unbranched alkanes of at least 4 members (excludes halogenated alkanes) is 1. The van der Waals surface area contributed by atoms with Crippen LogP contribution >= 0.6 is 21.6 Å². The molecule has 0 aromatic heterocycles. The molecule has 44 heavy (non-hydrogen) atoms. The Balaban J connectivity index is 0.00000259. The highest BCUT2D eigenvalue weighted by molar-refractivity contribution is 8.76. The molecule has 0 heterocycles. The number of nitrogens with zero attached hydrogens (tertiary/aromatic N) is 1. The topological polar surface area (TPSA) is 88.0 Å². The molecular weight excluding hydrogens is 589 g/mol. The maximum atomic E-state index is 10.5. The van der Waals surface area contributed by atoms with Gasteiger partial charge in [0.25, 0.3) is 0 Å². The molecule has 0 bridgehead atoms. The third-order valence-corrected chi connectivity index (χ3v) is 14.1. The van der Waals surface area contributed by atoms with E-state index in [-0.39, 0.29) is 11.9 Å². The number of aliphatic carboxylic acids is 1. The second-order valence-electron chi connectivity index (χ2n) is 14.9. The van der Waals surface area contributed by atoms with Crippen LogP contribution in [-0.4, -0.2) is 54.8 Å². The van der Waals surface area contributed by atoms with Gasteiger partial charge in [-0.2, -0.15) is 0 Å². The Morgan fingerprint density at radius 2 is 1.91 bits per heavy atom. The van der Waals surface area contributed by atoms with Crippen molar-refractivity contribution in [1.29, 1.82) is 0 Å². The van der Waals surface area contributed by atoms with Crippen molar-refractivity contribution in [2.24, 2.45) is 51.3 Å². The lowest BCUT2D eigenvalue weighted by molar-refractivity contribution is -0.133. The predicted molar refractivity (Wildman–Crippen MR) is 188 cm³/mol. The highest BCUT2D eigenvalue weighted by atomic mass is 33.1. The van der Waals surface area contributed by atoms with Crippen molar-refractivity contribution in [3.8, 4) is 0 Å². The predicted octanol–water partition coefficient (Wildman–Crippen LogP) is 9.05. The zero-order chi connectivity index (χ0) is 32.2. The van der Waals surface area contributed by atoms with Crippen LogP contribution in [-0.2, 0) is 14.4 Å². The summed E-state index contributed by atoms with van der Waals surface area (Å²) >= 11 is 0. The summed E-state index contributed by atoms with van der Waals surface area (Å²) in [5.41, 5.74) is 5.85. The van der Waals surface area contributed by atoms with Gasteiger partial charge in [-0.25, -0.2) is 5.48 Å². The Morgan fingerprint density at radius 3 is 2.66 bits per heavy atom. The summed E-state index contributed by atoms with van der Waals surface area (Å²) < 4.78 is 0. The molecule has 0 radical (unpaired) electrons. The Bertz CT molecular complexity index is 945. The molecular formula is C36H62N2O4S2. The average Bonchev–Trinajstić information content (AvgIpc) is 3.35. The molecule has 0 saturated heterocycles. The molecule has 4 aliphatic rings. The number of allylic oxidation sites excluding steroid dienone is 1. The number of aliphatic imine (C=N–C) groups is 1. The molecule has 8 unspecified atom stereocenters. The maximum Gasteiger partial charge on any atom is 0.314 e. The highest BCUT2D eigenvalue weighted by Crippen LogP contribution is 2.67. The fourth-order valence-corrected chi connectivity index (χ4v) is 11.5. The summed E-state index contributed by atoms with van der Waals surface area (Å²) in [4.78, 5) is 29.2. The summed E-state index contributed by atoms with van der Waals surface area (Å²) in [5, 5.41) is 8.66. The Morgan fingerprint density at radius 1 is 1.11 bits per heavy atom. The van der Waals surface area contributed by atoms with E-state index < -0.39 is 5.97 Å². The maximum absolute atomic E-state index is 10.5. The first-order valence-corrected chi connectivity index (χ1v) is 19.9. The van der Waals surface area contributed by atoms with Crippen LogP contribution in [0.2, 0.25) is 0 Å². The number of carboxylic acid groups (broad SMARTS) is 1. The van der Waals surface area contributed by atoms with Gasteiger partial charge in [-0.05, 0) is 117 Å². The number of carbonyl (C=O) groups excluding carboxylic acids is 1. The largest absolute Gasteiger partial charge is 0.481 e. The van der Waals surface area contributed by atoms with Crippen molar-refractivity contribution < 1.29 is 19.5 Å². The van der Waals surface area contributed by atoms with E-state index in [0.717, 1.165) is 80.0 Å². The average molecular weight is 651 g/mol. The SMILES string of the molecule is C=O.CC(C)CCCC(C)C1CCC2C3CC=C4CC(ONCCN=CCCCSSCC(=O)O)CCC4(C)C3CCC12C. The number of rotatable bonds is 17. The fourth-order valence-electron chi connectivity index (χ4n) is 9.61. The van der Waals surface area contributed by atoms with Crippen molar-refractivity contribution in [3.05, 3.63) is 11.6 Å². The van der Waals surface area contributed by atoms with Crippen molar-refractivity contribution in [2.75, 3.05) is 24.6 Å². The van der Waals surface area contributed by atoms with E-state index in [4.69, 9.17) is 14.7 Å². The number of hydrogen-bond acceptors (Lipinski definition) is 7. The van der Waals surface area contributed by atoms with Crippen LogP contribution in [0.3, 0.4) is 0 Å². The first kappa shape index (κ1) is 37.6. The molecule has 0 aromatic rings. The van der Waals surface area contributed by atoms with Crippen LogP contribution in [0.5, 0.6) is 0 Å². The molecule has 0 aliphatic heterocycles. The van der Waals surface area contributed by atoms with E-state index >= 15 is 0 Å². The second-order valence-corrected chi connectivity index (χ2v) is 17.5. The minimum atomic E-state index is -0.748. The molecule has 3 saturated carbocycles. The van der Waals surface area contributed by atoms with Crippen molar-refractivity contribution in [1.82, 2.24) is 5.48 Å². The zero-order valence-electron chi connectivity index (χ0n) is 28.4. The van der Waals surface area contributed by atoms with Gasteiger partial charge in [0.15, 0.2) is 0 Å². The summed E-state index contributed by atoms with van der Waals surface area (Å²) in [7, 11) is 3.04. The van der Waals surface area contributed by atoms with Gasteiger partial charge in [-0.3, -0.25) is 14.6 Å². The summed E-state index contributed by atoms with van der Waals surface area (Å²) in [6.07, 6.45) is 21.8. The normalized spacial score (nSPS) is 33.6. The minimum Gasteiger partial charge on any atom is -0.481 e. The third kappa shape index (κ3) is 9.84. The lowest BCUT2D eigenvalue weighted by Crippen LogP contribution is -2.51. The second kappa shape index (κ2) is 18.5. The molecule has 3 fully saturated rings. The first-order valence-electron chi connectivity index (χ1n) is 17.5. The standard InChI is InChI=1S/C35H60N2O3S2.CH2O/c1-25(2)9-8-10-26(3)30-13-14-31-29-12-11-27-23-28(15-17-34(27,4)32(29)16-18-35(30,31)5)40-37-21-20-36-19-6-7-22-41-42-24-33(38)39;1-2/h11,19,25-26,28-32,37H,6-10,12-18,20-24H2,1-5H3,(H,38,39);1H2. The van der Waals surface area contributed by atoms with Crippen LogP contribution in [0.4, 0.5) is 0 Å². The molecule has 0 aromatic carbocycles. The molecule has 252 valence electrons. The van der Waals surface area contributed by atoms with E-state index in [1.54, 1.807) is 16.4 Å². The van der Waals surface area contributed by atoms with Crippen molar-refractivity contribution in [3.63, 3.8) is 0 Å². The van der Waals surface area contributed by atoms with Crippen LogP contribution in [0.15, 0.2) is 16.6 Å². The van der Waals surface area contributed by atoms with Gasteiger partial charge in [0.2, 0.25) is 0 Å². The van der Waals surface area contributed by atoms with Gasteiger partial charge in [-0.15, -0.1) is 0 Å². The van der Waals surface area contributed by atoms with E-state index in [1.807, 2.05) is 13.0 Å². The van der Waals surface area contributed by atoms with Gasteiger partial charge < -0.3 is 9.90 Å². The van der Waals surface area contributed by atoms with Gasteiger partial charge in [-0.1, -0.05) is 87.1 Å². The van der Waals surface area contributed by atoms with Gasteiger partial charge in [0.05, 0.1) is 12.6 Å². The molecule has 8 atom stereocenters. The first-order chi connectivity index (χ1) is 21.1. The Hall–Kier alpha value is -0.830. The number of hydroxylamine groups is 1. The van der Waals surface area contributed by atoms with Crippen LogP contribution in [0, 0.1) is 46.3 Å². The molecule has 4 rings (SSSR count). The summed E-state index contributed by atoms with van der Waals surface area (Å²) in [6.45, 7) is 16.1. The Kier molecular flexibility index (Phi) is 15.8. The van der Waals surface area contributed by atoms with Crippen molar-refractivity contribution >= 4 is 40.6 Å². The van der Waals surface area contributed by atoms with Gasteiger partial charge >= 0.3 is 5.97 Å². The van der Waals surface area contributed by atoms with Crippen LogP contribution < -0.4 is 5.48 Å². The minimum absolute atomic E-state index is 0.168. The summed E-state index contributed by atoms with van der Waals surface area (Å²) in [5.74, 6) is 5.71. The Labute approximate surface area is 276 Å². The quantitative estimate of drug-likeness (QED) is 0.0534. The molecule has 0 amide bonds. The number of fused-ring (bicyclic) bond motifs is 5. The molecule has 4 aliphatic carbocycles. The molecule has 0 spiro atoms. The zero-order valence-corrected chi connectivity index (χ0v) is 30.0. The third-order valence-electron chi connectivity index (χ3n) is 11.8. The monoisotopic (exact) mass is 650 g/mol. The van der Waals surface area contributed by atoms with Gasteiger partial charge in [0.1, 0.15) is 12.5 Å². The van der Waals surface area contributed by atoms with E-state index in [1.165, 1.54) is 68.6 Å². The number of hydrogen-bond donors (Lipinski definition) is 2. The van der Waals surface area contributed by atoms with Gasteiger partial charge in [0, 0.05) is 12.3 Å².